The minimum Gasteiger partial charge on any atom is -0.271 e. The van der Waals surface area contributed by atoms with Crippen LogP contribution in [0.15, 0.2) is 12.1 Å². The molecule has 0 fully saturated rings. The SMILES string of the molecule is CCSCC(NN)c1cc(C)c(C)cc1C. The van der Waals surface area contributed by atoms with Gasteiger partial charge in [-0.3, -0.25) is 11.3 Å². The summed E-state index contributed by atoms with van der Waals surface area (Å²) >= 11 is 1.91. The van der Waals surface area contributed by atoms with E-state index in [0.29, 0.717) is 0 Å². The molecule has 2 nitrogen and oxygen atoms in total. The van der Waals surface area contributed by atoms with Gasteiger partial charge in [-0.05, 0) is 48.8 Å². The molecule has 1 unspecified atom stereocenters. The van der Waals surface area contributed by atoms with Gasteiger partial charge in [-0.2, -0.15) is 11.8 Å². The van der Waals surface area contributed by atoms with Crippen molar-refractivity contribution in [3.05, 3.63) is 34.4 Å². The molecule has 0 radical (unpaired) electrons. The maximum absolute atomic E-state index is 5.64. The van der Waals surface area contributed by atoms with Crippen molar-refractivity contribution < 1.29 is 0 Å². The van der Waals surface area contributed by atoms with E-state index >= 15 is 0 Å². The topological polar surface area (TPSA) is 38.0 Å². The van der Waals surface area contributed by atoms with Crippen molar-refractivity contribution in [2.45, 2.75) is 33.7 Å². The minimum atomic E-state index is 0.254. The fourth-order valence-electron chi connectivity index (χ4n) is 1.82. The zero-order valence-electron chi connectivity index (χ0n) is 10.6. The second kappa shape index (κ2) is 6.28. The van der Waals surface area contributed by atoms with Gasteiger partial charge in [-0.1, -0.05) is 19.1 Å². The largest absolute Gasteiger partial charge is 0.271 e. The molecule has 0 aliphatic rings. The predicted octanol–water partition coefficient (Wildman–Crippen LogP) is 2.87. The van der Waals surface area contributed by atoms with Gasteiger partial charge in [0.2, 0.25) is 0 Å². The smallest absolute Gasteiger partial charge is 0.0553 e. The molecule has 0 bridgehead atoms. The highest BCUT2D eigenvalue weighted by Crippen LogP contribution is 2.24. The number of rotatable bonds is 5. The van der Waals surface area contributed by atoms with Crippen LogP contribution >= 0.6 is 11.8 Å². The zero-order chi connectivity index (χ0) is 12.1. The first-order valence-electron chi connectivity index (χ1n) is 5.71. The lowest BCUT2D eigenvalue weighted by Gasteiger charge is -2.19. The minimum absolute atomic E-state index is 0.254. The lowest BCUT2D eigenvalue weighted by Crippen LogP contribution is -2.30. The summed E-state index contributed by atoms with van der Waals surface area (Å²) < 4.78 is 0. The number of nitrogens with two attached hydrogens (primary N) is 1. The molecule has 0 saturated heterocycles. The van der Waals surface area contributed by atoms with Gasteiger partial charge >= 0.3 is 0 Å². The van der Waals surface area contributed by atoms with Crippen molar-refractivity contribution in [2.24, 2.45) is 5.84 Å². The van der Waals surface area contributed by atoms with E-state index in [1.807, 2.05) is 11.8 Å². The summed E-state index contributed by atoms with van der Waals surface area (Å²) in [4.78, 5) is 0. The van der Waals surface area contributed by atoms with Crippen LogP contribution in [0.5, 0.6) is 0 Å². The molecule has 3 N–H and O–H groups in total. The van der Waals surface area contributed by atoms with E-state index in [4.69, 9.17) is 5.84 Å². The fraction of sp³-hybridized carbons (Fsp3) is 0.538. The highest BCUT2D eigenvalue weighted by molar-refractivity contribution is 7.99. The first-order chi connectivity index (χ1) is 7.60. The van der Waals surface area contributed by atoms with E-state index in [1.165, 1.54) is 22.3 Å². The van der Waals surface area contributed by atoms with Crippen LogP contribution in [0.25, 0.3) is 0 Å². The summed E-state index contributed by atoms with van der Waals surface area (Å²) in [6, 6.07) is 4.75. The van der Waals surface area contributed by atoms with Crippen LogP contribution in [0, 0.1) is 20.8 Å². The monoisotopic (exact) mass is 238 g/mol. The Bertz CT molecular complexity index is 350. The maximum atomic E-state index is 5.64. The Morgan fingerprint density at radius 1 is 1.19 bits per heavy atom. The number of hydrogen-bond acceptors (Lipinski definition) is 3. The molecule has 0 saturated carbocycles. The lowest BCUT2D eigenvalue weighted by atomic mass is 9.97. The first kappa shape index (κ1) is 13.6. The molecule has 0 aliphatic heterocycles. The van der Waals surface area contributed by atoms with Crippen LogP contribution in [0.2, 0.25) is 0 Å². The Morgan fingerprint density at radius 2 is 1.81 bits per heavy atom. The molecule has 1 rings (SSSR count). The lowest BCUT2D eigenvalue weighted by molar-refractivity contribution is 0.607. The molecule has 0 aromatic heterocycles. The molecule has 90 valence electrons. The Balaban J connectivity index is 2.95. The third-order valence-electron chi connectivity index (χ3n) is 2.95. The Morgan fingerprint density at radius 3 is 2.38 bits per heavy atom. The van der Waals surface area contributed by atoms with E-state index in [0.717, 1.165) is 11.5 Å². The Kier molecular flexibility index (Phi) is 5.32. The van der Waals surface area contributed by atoms with Crippen LogP contribution in [-0.2, 0) is 0 Å². The molecule has 1 aromatic rings. The molecule has 0 heterocycles. The summed E-state index contributed by atoms with van der Waals surface area (Å²) in [5.41, 5.74) is 8.25. The Labute approximate surface area is 103 Å². The van der Waals surface area contributed by atoms with Gasteiger partial charge < -0.3 is 0 Å². The molecular weight excluding hydrogens is 216 g/mol. The van der Waals surface area contributed by atoms with Crippen molar-refractivity contribution in [2.75, 3.05) is 11.5 Å². The molecule has 1 atom stereocenters. The van der Waals surface area contributed by atoms with Crippen molar-refractivity contribution in [3.8, 4) is 0 Å². The molecule has 3 heteroatoms. The second-order valence-electron chi connectivity index (χ2n) is 4.17. The standard InChI is InChI=1S/C13H22N2S/c1-5-16-8-13(15-14)12-7-10(3)9(2)6-11(12)4/h6-7,13,15H,5,8,14H2,1-4H3. The average Bonchev–Trinajstić information content (AvgIpc) is 2.26. The highest BCUT2D eigenvalue weighted by atomic mass is 32.2. The van der Waals surface area contributed by atoms with E-state index < -0.39 is 0 Å². The van der Waals surface area contributed by atoms with Crippen LogP contribution in [0.1, 0.15) is 35.2 Å². The summed E-state index contributed by atoms with van der Waals surface area (Å²) in [5.74, 6) is 7.79. The normalized spacial score (nSPS) is 12.8. The van der Waals surface area contributed by atoms with Crippen molar-refractivity contribution in [1.29, 1.82) is 0 Å². The molecule has 0 spiro atoms. The van der Waals surface area contributed by atoms with Crippen LogP contribution in [-0.4, -0.2) is 11.5 Å². The van der Waals surface area contributed by atoms with Gasteiger partial charge in [0.15, 0.2) is 0 Å². The third-order valence-corrected chi connectivity index (χ3v) is 3.92. The van der Waals surface area contributed by atoms with Gasteiger partial charge in [0.25, 0.3) is 0 Å². The van der Waals surface area contributed by atoms with E-state index in [9.17, 15) is 0 Å². The quantitative estimate of drug-likeness (QED) is 0.612. The van der Waals surface area contributed by atoms with Gasteiger partial charge in [-0.25, -0.2) is 0 Å². The van der Waals surface area contributed by atoms with Crippen LogP contribution < -0.4 is 11.3 Å². The third kappa shape index (κ3) is 3.24. The molecule has 0 aliphatic carbocycles. The van der Waals surface area contributed by atoms with Crippen LogP contribution in [0.4, 0.5) is 0 Å². The van der Waals surface area contributed by atoms with Crippen LogP contribution in [0.3, 0.4) is 0 Å². The molecule has 0 amide bonds. The summed E-state index contributed by atoms with van der Waals surface area (Å²) in [6.45, 7) is 8.63. The summed E-state index contributed by atoms with van der Waals surface area (Å²) in [6.07, 6.45) is 0. The zero-order valence-corrected chi connectivity index (χ0v) is 11.4. The summed E-state index contributed by atoms with van der Waals surface area (Å²) in [7, 11) is 0. The van der Waals surface area contributed by atoms with E-state index in [-0.39, 0.29) is 6.04 Å². The van der Waals surface area contributed by atoms with Crippen molar-refractivity contribution >= 4 is 11.8 Å². The number of aryl methyl sites for hydroxylation is 3. The number of benzene rings is 1. The van der Waals surface area contributed by atoms with Gasteiger partial charge in [0.05, 0.1) is 6.04 Å². The van der Waals surface area contributed by atoms with E-state index in [2.05, 4.69) is 45.3 Å². The number of nitrogens with one attached hydrogen (secondary N) is 1. The van der Waals surface area contributed by atoms with Gasteiger partial charge in [-0.15, -0.1) is 0 Å². The number of thioether (sulfide) groups is 1. The Hall–Kier alpha value is -0.510. The molecule has 16 heavy (non-hydrogen) atoms. The first-order valence-corrected chi connectivity index (χ1v) is 6.87. The maximum Gasteiger partial charge on any atom is 0.0553 e. The van der Waals surface area contributed by atoms with Crippen molar-refractivity contribution in [3.63, 3.8) is 0 Å². The molecule has 1 aromatic carbocycles. The average molecular weight is 238 g/mol. The highest BCUT2D eigenvalue weighted by Gasteiger charge is 2.12. The van der Waals surface area contributed by atoms with Gasteiger partial charge in [0.1, 0.15) is 0 Å². The van der Waals surface area contributed by atoms with Crippen molar-refractivity contribution in [1.82, 2.24) is 5.43 Å². The summed E-state index contributed by atoms with van der Waals surface area (Å²) in [5, 5.41) is 0. The second-order valence-corrected chi connectivity index (χ2v) is 5.49. The number of hydrazine groups is 1. The molecular formula is C13H22N2S. The van der Waals surface area contributed by atoms with Gasteiger partial charge in [0, 0.05) is 5.75 Å². The van der Waals surface area contributed by atoms with E-state index in [1.54, 1.807) is 0 Å². The number of hydrogen-bond donors (Lipinski definition) is 2. The fourth-order valence-corrected chi connectivity index (χ4v) is 2.57. The predicted molar refractivity (Wildman–Crippen MR) is 73.7 cm³/mol.